The van der Waals surface area contributed by atoms with Gasteiger partial charge in [-0.05, 0) is 37.7 Å². The molecule has 1 aliphatic carbocycles. The SMILES string of the molecule is O=C(Nc1cn(C2CCC(CO)CC2)nc1C(F)F)c1c(C2COCCN2)nn2cccnc12. The summed E-state index contributed by atoms with van der Waals surface area (Å²) in [5.74, 6) is -0.346. The van der Waals surface area contributed by atoms with Crippen LogP contribution in [0.5, 0.6) is 0 Å². The highest BCUT2D eigenvalue weighted by Crippen LogP contribution is 2.35. The fraction of sp³-hybridized carbons (Fsp3) is 0.545. The lowest BCUT2D eigenvalue weighted by Gasteiger charge is -2.27. The predicted molar refractivity (Wildman–Crippen MR) is 118 cm³/mol. The molecule has 1 saturated carbocycles. The number of ether oxygens (including phenoxy) is 1. The van der Waals surface area contributed by atoms with Gasteiger partial charge in [-0.3, -0.25) is 9.48 Å². The van der Waals surface area contributed by atoms with Crippen LogP contribution >= 0.6 is 0 Å². The Labute approximate surface area is 194 Å². The number of anilines is 1. The second-order valence-corrected chi connectivity index (χ2v) is 8.75. The summed E-state index contributed by atoms with van der Waals surface area (Å²) in [5.41, 5.74) is 0.487. The second-order valence-electron chi connectivity index (χ2n) is 8.75. The van der Waals surface area contributed by atoms with Gasteiger partial charge in [0.2, 0.25) is 0 Å². The van der Waals surface area contributed by atoms with Crippen molar-refractivity contribution in [2.45, 2.75) is 44.2 Å². The number of nitrogens with zero attached hydrogens (tertiary/aromatic N) is 5. The minimum absolute atomic E-state index is 0.0293. The van der Waals surface area contributed by atoms with Gasteiger partial charge in [-0.15, -0.1) is 0 Å². The Bertz CT molecular complexity index is 1150. The molecule has 12 heteroatoms. The van der Waals surface area contributed by atoms with E-state index in [0.717, 1.165) is 25.7 Å². The first-order valence-electron chi connectivity index (χ1n) is 11.5. The van der Waals surface area contributed by atoms with Gasteiger partial charge in [0.25, 0.3) is 12.3 Å². The largest absolute Gasteiger partial charge is 0.396 e. The summed E-state index contributed by atoms with van der Waals surface area (Å²) in [5, 5.41) is 23.9. The van der Waals surface area contributed by atoms with Gasteiger partial charge in [0.15, 0.2) is 11.3 Å². The van der Waals surface area contributed by atoms with Gasteiger partial charge in [-0.1, -0.05) is 0 Å². The van der Waals surface area contributed by atoms with E-state index >= 15 is 0 Å². The molecule has 1 amide bonds. The van der Waals surface area contributed by atoms with Crippen LogP contribution in [-0.2, 0) is 4.74 Å². The van der Waals surface area contributed by atoms with Crippen LogP contribution < -0.4 is 10.6 Å². The van der Waals surface area contributed by atoms with Crippen LogP contribution in [0.4, 0.5) is 14.5 Å². The molecule has 5 rings (SSSR count). The molecule has 0 radical (unpaired) electrons. The van der Waals surface area contributed by atoms with Crippen molar-refractivity contribution in [3.63, 3.8) is 0 Å². The molecule has 1 aliphatic heterocycles. The molecule has 34 heavy (non-hydrogen) atoms. The average Bonchev–Trinajstić information content (AvgIpc) is 3.46. The Morgan fingerprint density at radius 1 is 1.29 bits per heavy atom. The number of alkyl halides is 2. The van der Waals surface area contributed by atoms with Crippen molar-refractivity contribution in [3.8, 4) is 0 Å². The average molecular weight is 476 g/mol. The number of rotatable bonds is 6. The molecule has 182 valence electrons. The number of hydrogen-bond donors (Lipinski definition) is 3. The van der Waals surface area contributed by atoms with E-state index in [0.29, 0.717) is 31.1 Å². The molecule has 1 saturated heterocycles. The lowest BCUT2D eigenvalue weighted by atomic mass is 9.87. The predicted octanol–water partition coefficient (Wildman–Crippen LogP) is 2.50. The number of nitrogens with one attached hydrogen (secondary N) is 2. The van der Waals surface area contributed by atoms with Crippen LogP contribution in [0.1, 0.15) is 65.9 Å². The molecular weight excluding hydrogens is 448 g/mol. The highest BCUT2D eigenvalue weighted by molar-refractivity contribution is 6.09. The van der Waals surface area contributed by atoms with Crippen molar-refractivity contribution < 1.29 is 23.4 Å². The van der Waals surface area contributed by atoms with Crippen molar-refractivity contribution in [2.75, 3.05) is 31.7 Å². The molecule has 3 N–H and O–H groups in total. The summed E-state index contributed by atoms with van der Waals surface area (Å²) in [7, 11) is 0. The maximum Gasteiger partial charge on any atom is 0.284 e. The molecule has 3 aromatic rings. The number of aromatic nitrogens is 5. The standard InChI is InChI=1S/C22H27F2N7O3/c23-20(24)19-15(10-31(29-19)14-4-2-13(11-32)3-5-14)27-22(33)17-18(16-12-34-9-7-25-16)28-30-8-1-6-26-21(17)30/h1,6,8,10,13-14,16,20,25,32H,2-5,7,9,11-12H2,(H,27,33). The Morgan fingerprint density at radius 2 is 2.12 bits per heavy atom. The molecule has 2 aliphatic rings. The van der Waals surface area contributed by atoms with Gasteiger partial charge < -0.3 is 20.5 Å². The summed E-state index contributed by atoms with van der Waals surface area (Å²) in [6.07, 6.45) is 4.94. The fourth-order valence-electron chi connectivity index (χ4n) is 4.73. The van der Waals surface area contributed by atoms with Crippen molar-refractivity contribution >= 4 is 17.2 Å². The summed E-state index contributed by atoms with van der Waals surface area (Å²) >= 11 is 0. The number of aliphatic hydroxyl groups is 1. The molecule has 3 aromatic heterocycles. The Morgan fingerprint density at radius 3 is 2.82 bits per heavy atom. The molecule has 10 nitrogen and oxygen atoms in total. The molecule has 1 unspecified atom stereocenters. The van der Waals surface area contributed by atoms with Crippen molar-refractivity contribution in [3.05, 3.63) is 41.6 Å². The highest BCUT2D eigenvalue weighted by atomic mass is 19.3. The summed E-state index contributed by atoms with van der Waals surface area (Å²) < 4.78 is 36.2. The third-order valence-electron chi connectivity index (χ3n) is 6.57. The monoisotopic (exact) mass is 475 g/mol. The molecule has 2 fully saturated rings. The lowest BCUT2D eigenvalue weighted by Crippen LogP contribution is -2.36. The summed E-state index contributed by atoms with van der Waals surface area (Å²) in [4.78, 5) is 17.7. The number of halogens is 2. The molecule has 0 aromatic carbocycles. The van der Waals surface area contributed by atoms with E-state index in [1.807, 2.05) is 0 Å². The molecule has 0 bridgehead atoms. The van der Waals surface area contributed by atoms with E-state index < -0.39 is 18.0 Å². The maximum atomic E-state index is 13.8. The quantitative estimate of drug-likeness (QED) is 0.501. The summed E-state index contributed by atoms with van der Waals surface area (Å²) in [6, 6.07) is 1.32. The van der Waals surface area contributed by atoms with Crippen molar-refractivity contribution in [1.82, 2.24) is 29.7 Å². The number of aliphatic hydroxyl groups excluding tert-OH is 1. The number of amides is 1. The van der Waals surface area contributed by atoms with E-state index in [1.165, 1.54) is 15.4 Å². The Balaban J connectivity index is 1.45. The van der Waals surface area contributed by atoms with Crippen molar-refractivity contribution in [2.24, 2.45) is 5.92 Å². The highest BCUT2D eigenvalue weighted by Gasteiger charge is 2.31. The minimum Gasteiger partial charge on any atom is -0.396 e. The lowest BCUT2D eigenvalue weighted by molar-refractivity contribution is 0.0750. The van der Waals surface area contributed by atoms with Crippen LogP contribution in [0.15, 0.2) is 24.7 Å². The normalized spacial score (nSPS) is 23.5. The number of carbonyl (C=O) groups excluding carboxylic acids is 1. The molecular formula is C22H27F2N7O3. The van der Waals surface area contributed by atoms with Gasteiger partial charge in [0, 0.05) is 31.7 Å². The van der Waals surface area contributed by atoms with Crippen LogP contribution in [0, 0.1) is 5.92 Å². The van der Waals surface area contributed by atoms with Crippen LogP contribution in [-0.4, -0.2) is 61.8 Å². The van der Waals surface area contributed by atoms with E-state index in [4.69, 9.17) is 4.74 Å². The van der Waals surface area contributed by atoms with Gasteiger partial charge in [0.1, 0.15) is 5.56 Å². The number of hydrogen-bond acceptors (Lipinski definition) is 7. The van der Waals surface area contributed by atoms with Gasteiger partial charge in [-0.25, -0.2) is 18.3 Å². The van der Waals surface area contributed by atoms with Crippen molar-refractivity contribution in [1.29, 1.82) is 0 Å². The second kappa shape index (κ2) is 9.72. The fourth-order valence-corrected chi connectivity index (χ4v) is 4.73. The van der Waals surface area contributed by atoms with Crippen LogP contribution in [0.3, 0.4) is 0 Å². The number of morpholine rings is 1. The molecule has 4 heterocycles. The topological polar surface area (TPSA) is 119 Å². The zero-order chi connectivity index (χ0) is 23.7. The van der Waals surface area contributed by atoms with Gasteiger partial charge in [0.05, 0.1) is 36.7 Å². The minimum atomic E-state index is -2.85. The Kier molecular flexibility index (Phi) is 6.53. The first kappa shape index (κ1) is 22.8. The van der Waals surface area contributed by atoms with Crippen LogP contribution in [0.2, 0.25) is 0 Å². The number of carbonyl (C=O) groups is 1. The first-order valence-corrected chi connectivity index (χ1v) is 11.5. The van der Waals surface area contributed by atoms with Gasteiger partial charge in [-0.2, -0.15) is 10.2 Å². The third-order valence-corrected chi connectivity index (χ3v) is 6.57. The Hall–Kier alpha value is -2.96. The van der Waals surface area contributed by atoms with E-state index in [-0.39, 0.29) is 35.9 Å². The van der Waals surface area contributed by atoms with E-state index in [1.54, 1.807) is 18.5 Å². The van der Waals surface area contributed by atoms with Crippen LogP contribution in [0.25, 0.3) is 5.65 Å². The maximum absolute atomic E-state index is 13.8. The van der Waals surface area contributed by atoms with E-state index in [2.05, 4.69) is 25.8 Å². The van der Waals surface area contributed by atoms with E-state index in [9.17, 15) is 18.7 Å². The molecule has 1 atom stereocenters. The molecule has 0 spiro atoms. The smallest absolute Gasteiger partial charge is 0.284 e. The first-order chi connectivity index (χ1) is 16.5. The van der Waals surface area contributed by atoms with Gasteiger partial charge >= 0.3 is 0 Å². The number of fused-ring (bicyclic) bond motifs is 1. The summed E-state index contributed by atoms with van der Waals surface area (Å²) in [6.45, 7) is 1.63. The third kappa shape index (κ3) is 4.40. The zero-order valence-electron chi connectivity index (χ0n) is 18.5. The zero-order valence-corrected chi connectivity index (χ0v) is 18.5.